The third-order valence-corrected chi connectivity index (χ3v) is 4.03. The molecule has 21 heavy (non-hydrogen) atoms. The summed E-state index contributed by atoms with van der Waals surface area (Å²) in [6.07, 6.45) is 1.73. The first kappa shape index (κ1) is 12.2. The van der Waals surface area contributed by atoms with E-state index in [0.29, 0.717) is 5.82 Å². The Morgan fingerprint density at radius 2 is 2.05 bits per heavy atom. The van der Waals surface area contributed by atoms with Crippen LogP contribution in [0.2, 0.25) is 0 Å². The molecule has 0 aliphatic carbocycles. The second-order valence-corrected chi connectivity index (χ2v) is 5.59. The molecule has 4 aromatic rings. The van der Waals surface area contributed by atoms with Gasteiger partial charge in [-0.25, -0.2) is 0 Å². The van der Waals surface area contributed by atoms with E-state index in [4.69, 9.17) is 0 Å². The van der Waals surface area contributed by atoms with Gasteiger partial charge in [-0.2, -0.15) is 14.7 Å². The van der Waals surface area contributed by atoms with Crippen molar-refractivity contribution in [3.63, 3.8) is 0 Å². The van der Waals surface area contributed by atoms with Crippen molar-refractivity contribution < 1.29 is 0 Å². The van der Waals surface area contributed by atoms with E-state index in [1.54, 1.807) is 10.7 Å². The monoisotopic (exact) mass is 297 g/mol. The molecule has 7 nitrogen and oxygen atoms in total. The molecular formula is C13H11N7S. The standard InChI is InChI=1S/C13H11N7S/c1-8-7-10(19(2)17-8)12-18-20-11(15-16-13(20)21-12)9-5-3-4-6-14-9/h3-7H,1-2H3. The maximum Gasteiger partial charge on any atom is 0.235 e. The molecule has 4 aromatic heterocycles. The largest absolute Gasteiger partial charge is 0.265 e. The first-order valence-electron chi connectivity index (χ1n) is 6.37. The number of aromatic nitrogens is 7. The Balaban J connectivity index is 1.88. The van der Waals surface area contributed by atoms with Crippen molar-refractivity contribution in [3.05, 3.63) is 36.2 Å². The number of aryl methyl sites for hydroxylation is 2. The highest BCUT2D eigenvalue weighted by atomic mass is 32.1. The molecule has 0 amide bonds. The van der Waals surface area contributed by atoms with Gasteiger partial charge < -0.3 is 0 Å². The lowest BCUT2D eigenvalue weighted by Gasteiger charge is -1.96. The number of fused-ring (bicyclic) bond motifs is 1. The number of pyridine rings is 1. The number of hydrogen-bond acceptors (Lipinski definition) is 6. The van der Waals surface area contributed by atoms with Crippen LogP contribution in [-0.2, 0) is 7.05 Å². The molecule has 8 heteroatoms. The lowest BCUT2D eigenvalue weighted by Crippen LogP contribution is -1.96. The molecule has 104 valence electrons. The minimum Gasteiger partial charge on any atom is -0.265 e. The van der Waals surface area contributed by atoms with Crippen LogP contribution in [0.1, 0.15) is 5.69 Å². The van der Waals surface area contributed by atoms with E-state index in [2.05, 4.69) is 25.4 Å². The van der Waals surface area contributed by atoms with Crippen LogP contribution in [0, 0.1) is 6.92 Å². The van der Waals surface area contributed by atoms with Gasteiger partial charge in [0.2, 0.25) is 10.8 Å². The molecule has 0 fully saturated rings. The Labute approximate surface area is 123 Å². The highest BCUT2D eigenvalue weighted by molar-refractivity contribution is 7.19. The highest BCUT2D eigenvalue weighted by Gasteiger charge is 2.17. The van der Waals surface area contributed by atoms with Gasteiger partial charge in [0.1, 0.15) is 5.69 Å². The molecule has 0 atom stereocenters. The molecular weight excluding hydrogens is 286 g/mol. The van der Waals surface area contributed by atoms with Crippen LogP contribution in [0.5, 0.6) is 0 Å². The zero-order chi connectivity index (χ0) is 14.4. The van der Waals surface area contributed by atoms with E-state index in [1.807, 2.05) is 42.9 Å². The van der Waals surface area contributed by atoms with Gasteiger partial charge in [0.25, 0.3) is 0 Å². The van der Waals surface area contributed by atoms with Gasteiger partial charge >= 0.3 is 0 Å². The van der Waals surface area contributed by atoms with Gasteiger partial charge in [0.05, 0.1) is 11.4 Å². The summed E-state index contributed by atoms with van der Waals surface area (Å²) in [6, 6.07) is 7.68. The zero-order valence-electron chi connectivity index (χ0n) is 11.4. The fourth-order valence-electron chi connectivity index (χ4n) is 2.19. The third kappa shape index (κ3) is 1.91. The van der Waals surface area contributed by atoms with E-state index >= 15 is 0 Å². The lowest BCUT2D eigenvalue weighted by molar-refractivity contribution is 0.761. The van der Waals surface area contributed by atoms with Crippen LogP contribution in [0.4, 0.5) is 0 Å². The molecule has 0 saturated heterocycles. The summed E-state index contributed by atoms with van der Waals surface area (Å²) < 4.78 is 3.55. The summed E-state index contributed by atoms with van der Waals surface area (Å²) >= 11 is 1.48. The fraction of sp³-hybridized carbons (Fsp3) is 0.154. The fourth-order valence-corrected chi connectivity index (χ4v) is 3.07. The molecule has 0 N–H and O–H groups in total. The predicted octanol–water partition coefficient (Wildman–Crippen LogP) is 1.96. The molecule has 0 spiro atoms. The van der Waals surface area contributed by atoms with Gasteiger partial charge in [0.15, 0.2) is 5.01 Å². The van der Waals surface area contributed by atoms with E-state index in [0.717, 1.165) is 27.1 Å². The number of hydrogen-bond donors (Lipinski definition) is 0. The Morgan fingerprint density at radius 3 is 2.76 bits per heavy atom. The lowest BCUT2D eigenvalue weighted by atomic mass is 10.3. The molecule has 0 aliphatic rings. The molecule has 4 rings (SSSR count). The van der Waals surface area contributed by atoms with Crippen LogP contribution in [0.15, 0.2) is 30.5 Å². The van der Waals surface area contributed by atoms with E-state index in [9.17, 15) is 0 Å². The van der Waals surface area contributed by atoms with Crippen LogP contribution < -0.4 is 0 Å². The molecule has 0 radical (unpaired) electrons. The van der Waals surface area contributed by atoms with Crippen molar-refractivity contribution in [2.24, 2.45) is 7.05 Å². The second kappa shape index (κ2) is 4.45. The summed E-state index contributed by atoms with van der Waals surface area (Å²) in [7, 11) is 1.91. The van der Waals surface area contributed by atoms with Crippen LogP contribution in [0.3, 0.4) is 0 Å². The first-order chi connectivity index (χ1) is 10.2. The quantitative estimate of drug-likeness (QED) is 0.565. The molecule has 0 aliphatic heterocycles. The molecule has 0 aromatic carbocycles. The maximum absolute atomic E-state index is 4.60. The highest BCUT2D eigenvalue weighted by Crippen LogP contribution is 2.27. The molecule has 0 unspecified atom stereocenters. The average molecular weight is 297 g/mol. The van der Waals surface area contributed by atoms with Crippen molar-refractivity contribution in [2.45, 2.75) is 6.92 Å². The molecule has 0 saturated carbocycles. The first-order valence-corrected chi connectivity index (χ1v) is 7.19. The van der Waals surface area contributed by atoms with Gasteiger partial charge in [-0.3, -0.25) is 9.67 Å². The Bertz CT molecular complexity index is 919. The van der Waals surface area contributed by atoms with E-state index < -0.39 is 0 Å². The topological polar surface area (TPSA) is 73.8 Å². The second-order valence-electron chi connectivity index (χ2n) is 4.63. The van der Waals surface area contributed by atoms with Crippen LogP contribution >= 0.6 is 11.3 Å². The summed E-state index contributed by atoms with van der Waals surface area (Å²) in [6.45, 7) is 1.96. The van der Waals surface area contributed by atoms with Crippen molar-refractivity contribution in [3.8, 4) is 22.2 Å². The SMILES string of the molecule is Cc1cc(-c2nn3c(-c4ccccn4)nnc3s2)n(C)n1. The Morgan fingerprint density at radius 1 is 1.14 bits per heavy atom. The normalized spacial score (nSPS) is 11.3. The zero-order valence-corrected chi connectivity index (χ0v) is 12.2. The van der Waals surface area contributed by atoms with Crippen molar-refractivity contribution in [1.29, 1.82) is 0 Å². The maximum atomic E-state index is 4.60. The third-order valence-electron chi connectivity index (χ3n) is 3.11. The number of nitrogens with zero attached hydrogens (tertiary/aromatic N) is 7. The van der Waals surface area contributed by atoms with Crippen molar-refractivity contribution >= 4 is 16.3 Å². The number of rotatable bonds is 2. The van der Waals surface area contributed by atoms with E-state index in [1.165, 1.54) is 11.3 Å². The van der Waals surface area contributed by atoms with Gasteiger partial charge in [0, 0.05) is 13.2 Å². The van der Waals surface area contributed by atoms with Gasteiger partial charge in [-0.05, 0) is 25.1 Å². The summed E-state index contributed by atoms with van der Waals surface area (Å²) in [5, 5.41) is 18.2. The van der Waals surface area contributed by atoms with E-state index in [-0.39, 0.29) is 0 Å². The molecule has 0 bridgehead atoms. The van der Waals surface area contributed by atoms with Crippen molar-refractivity contribution in [1.82, 2.24) is 34.6 Å². The van der Waals surface area contributed by atoms with Gasteiger partial charge in [-0.1, -0.05) is 17.4 Å². The predicted molar refractivity (Wildman–Crippen MR) is 78.8 cm³/mol. The Kier molecular flexibility index (Phi) is 2.58. The van der Waals surface area contributed by atoms with Crippen molar-refractivity contribution in [2.75, 3.05) is 0 Å². The van der Waals surface area contributed by atoms with Crippen LogP contribution in [0.25, 0.3) is 27.2 Å². The van der Waals surface area contributed by atoms with Gasteiger partial charge in [-0.15, -0.1) is 10.2 Å². The summed E-state index contributed by atoms with van der Waals surface area (Å²) in [5.41, 5.74) is 2.68. The summed E-state index contributed by atoms with van der Waals surface area (Å²) in [4.78, 5) is 5.04. The Hall–Kier alpha value is -2.61. The summed E-state index contributed by atoms with van der Waals surface area (Å²) in [5.74, 6) is 0.645. The van der Waals surface area contributed by atoms with Crippen LogP contribution in [-0.4, -0.2) is 34.6 Å². The minimum atomic E-state index is 0.645. The average Bonchev–Trinajstić information content (AvgIpc) is 3.13. The molecule has 4 heterocycles. The minimum absolute atomic E-state index is 0.645. The smallest absolute Gasteiger partial charge is 0.235 e.